The molecule has 0 unspecified atom stereocenters. The fraction of sp³-hybridized carbons (Fsp3) is 0.462. The summed E-state index contributed by atoms with van der Waals surface area (Å²) in [6.07, 6.45) is 0. The van der Waals surface area contributed by atoms with Crippen LogP contribution < -0.4 is 10.6 Å². The van der Waals surface area contributed by atoms with E-state index in [1.54, 1.807) is 19.2 Å². The third-order valence-corrected chi connectivity index (χ3v) is 2.44. The van der Waals surface area contributed by atoms with Crippen molar-refractivity contribution in [1.82, 2.24) is 10.6 Å². The minimum absolute atomic E-state index is 0.0897. The zero-order chi connectivity index (χ0) is 13.4. The van der Waals surface area contributed by atoms with Gasteiger partial charge < -0.3 is 15.4 Å². The lowest BCUT2D eigenvalue weighted by Crippen LogP contribution is -2.33. The summed E-state index contributed by atoms with van der Waals surface area (Å²) < 4.78 is 18.3. The topological polar surface area (TPSA) is 50.4 Å². The second-order valence-electron chi connectivity index (χ2n) is 3.98. The molecule has 0 spiro atoms. The lowest BCUT2D eigenvalue weighted by atomic mass is 10.1. The van der Waals surface area contributed by atoms with Crippen LogP contribution in [0.25, 0.3) is 0 Å². The Morgan fingerprint density at radius 1 is 1.33 bits per heavy atom. The first kappa shape index (κ1) is 14.6. The Morgan fingerprint density at radius 2 is 2.11 bits per heavy atom. The quantitative estimate of drug-likeness (QED) is 0.716. The first-order chi connectivity index (χ1) is 8.65. The summed E-state index contributed by atoms with van der Waals surface area (Å²) in [7, 11) is 1.63. The van der Waals surface area contributed by atoms with Crippen LogP contribution in [0, 0.1) is 12.7 Å². The van der Waals surface area contributed by atoms with Crippen molar-refractivity contribution in [2.75, 3.05) is 33.4 Å². The molecule has 1 amide bonds. The van der Waals surface area contributed by atoms with Crippen LogP contribution in [0.3, 0.4) is 0 Å². The van der Waals surface area contributed by atoms with Crippen LogP contribution in [0.2, 0.25) is 0 Å². The highest BCUT2D eigenvalue weighted by atomic mass is 19.1. The summed E-state index contributed by atoms with van der Waals surface area (Å²) in [6.45, 7) is 4.26. The zero-order valence-corrected chi connectivity index (χ0v) is 10.8. The number of aryl methyl sites for hydroxylation is 1. The number of carbonyl (C=O) groups excluding carboxylic acids is 1. The molecule has 0 heterocycles. The van der Waals surface area contributed by atoms with E-state index in [-0.39, 0.29) is 11.5 Å². The van der Waals surface area contributed by atoms with Gasteiger partial charge in [0.1, 0.15) is 5.82 Å². The predicted octanol–water partition coefficient (Wildman–Crippen LogP) is 1.10. The first-order valence-electron chi connectivity index (χ1n) is 5.89. The number of methoxy groups -OCH3 is 1. The van der Waals surface area contributed by atoms with Gasteiger partial charge in [-0.3, -0.25) is 4.79 Å². The van der Waals surface area contributed by atoms with Crippen LogP contribution in [0.15, 0.2) is 18.2 Å². The first-order valence-corrected chi connectivity index (χ1v) is 5.89. The highest BCUT2D eigenvalue weighted by Gasteiger charge is 2.10. The maximum Gasteiger partial charge on any atom is 0.254 e. The van der Waals surface area contributed by atoms with Crippen molar-refractivity contribution in [3.8, 4) is 0 Å². The Labute approximate surface area is 107 Å². The van der Waals surface area contributed by atoms with E-state index in [0.717, 1.165) is 12.1 Å². The van der Waals surface area contributed by atoms with Gasteiger partial charge in [-0.25, -0.2) is 4.39 Å². The minimum atomic E-state index is -0.495. The van der Waals surface area contributed by atoms with E-state index in [4.69, 9.17) is 4.74 Å². The van der Waals surface area contributed by atoms with Crippen LogP contribution in [0.1, 0.15) is 15.9 Å². The summed E-state index contributed by atoms with van der Waals surface area (Å²) in [5.74, 6) is -0.879. The molecule has 1 aromatic carbocycles. The van der Waals surface area contributed by atoms with Crippen molar-refractivity contribution in [3.63, 3.8) is 0 Å². The second-order valence-corrected chi connectivity index (χ2v) is 3.98. The number of nitrogens with one attached hydrogen (secondary N) is 2. The van der Waals surface area contributed by atoms with Crippen LogP contribution in [-0.2, 0) is 4.74 Å². The zero-order valence-electron chi connectivity index (χ0n) is 10.8. The molecule has 0 saturated heterocycles. The molecule has 4 nitrogen and oxygen atoms in total. The van der Waals surface area contributed by atoms with Gasteiger partial charge in [0.25, 0.3) is 5.91 Å². The molecule has 1 aromatic rings. The monoisotopic (exact) mass is 254 g/mol. The molecule has 2 N–H and O–H groups in total. The number of ether oxygens (including phenoxy) is 1. The van der Waals surface area contributed by atoms with Crippen LogP contribution >= 0.6 is 0 Å². The van der Waals surface area contributed by atoms with E-state index >= 15 is 0 Å². The third-order valence-electron chi connectivity index (χ3n) is 2.44. The van der Waals surface area contributed by atoms with Gasteiger partial charge >= 0.3 is 0 Å². The third kappa shape index (κ3) is 4.81. The van der Waals surface area contributed by atoms with E-state index < -0.39 is 5.82 Å². The SMILES string of the molecule is COCCNCCNC(=O)c1cc(C)ccc1F. The molecule has 1 rings (SSSR count). The average molecular weight is 254 g/mol. The van der Waals surface area contributed by atoms with Crippen molar-refractivity contribution in [2.24, 2.45) is 0 Å². The van der Waals surface area contributed by atoms with E-state index in [1.807, 2.05) is 6.92 Å². The van der Waals surface area contributed by atoms with Gasteiger partial charge in [0.15, 0.2) is 0 Å². The van der Waals surface area contributed by atoms with Crippen LogP contribution in [0.4, 0.5) is 4.39 Å². The molecule has 5 heteroatoms. The molecule has 0 aliphatic rings. The molecule has 0 radical (unpaired) electrons. The molecule has 0 aliphatic heterocycles. The van der Waals surface area contributed by atoms with Gasteiger partial charge in [-0.15, -0.1) is 0 Å². The van der Waals surface area contributed by atoms with Gasteiger partial charge in [0, 0.05) is 26.7 Å². The van der Waals surface area contributed by atoms with Gasteiger partial charge in [0.2, 0.25) is 0 Å². The Morgan fingerprint density at radius 3 is 2.83 bits per heavy atom. The normalized spacial score (nSPS) is 10.4. The summed E-state index contributed by atoms with van der Waals surface area (Å²) in [4.78, 5) is 11.7. The lowest BCUT2D eigenvalue weighted by Gasteiger charge is -2.07. The number of hydrogen-bond acceptors (Lipinski definition) is 3. The van der Waals surface area contributed by atoms with Crippen molar-refractivity contribution in [2.45, 2.75) is 6.92 Å². The summed E-state index contributed by atoms with van der Waals surface area (Å²) in [5.41, 5.74) is 0.951. The van der Waals surface area contributed by atoms with Crippen LogP contribution in [0.5, 0.6) is 0 Å². The highest BCUT2D eigenvalue weighted by molar-refractivity contribution is 5.94. The number of rotatable bonds is 7. The maximum atomic E-state index is 13.4. The number of carbonyl (C=O) groups is 1. The number of halogens is 1. The van der Waals surface area contributed by atoms with Crippen LogP contribution in [-0.4, -0.2) is 39.3 Å². The highest BCUT2D eigenvalue weighted by Crippen LogP contribution is 2.09. The summed E-state index contributed by atoms with van der Waals surface area (Å²) in [5, 5.41) is 5.75. The summed E-state index contributed by atoms with van der Waals surface area (Å²) in [6, 6.07) is 4.49. The van der Waals surface area contributed by atoms with Gasteiger partial charge in [0.05, 0.1) is 12.2 Å². The predicted molar refractivity (Wildman–Crippen MR) is 68.2 cm³/mol. The van der Waals surface area contributed by atoms with Crippen molar-refractivity contribution in [3.05, 3.63) is 35.1 Å². The Balaban J connectivity index is 2.34. The maximum absolute atomic E-state index is 13.4. The fourth-order valence-corrected chi connectivity index (χ4v) is 1.47. The van der Waals surface area contributed by atoms with Crippen molar-refractivity contribution < 1.29 is 13.9 Å². The van der Waals surface area contributed by atoms with E-state index in [1.165, 1.54) is 6.07 Å². The number of hydrogen-bond donors (Lipinski definition) is 2. The van der Waals surface area contributed by atoms with Gasteiger partial charge in [-0.05, 0) is 19.1 Å². The Kier molecular flexibility index (Phi) is 6.32. The van der Waals surface area contributed by atoms with Gasteiger partial charge in [-0.1, -0.05) is 11.6 Å². The standard InChI is InChI=1S/C13H19FN2O2/c1-10-3-4-12(14)11(9-10)13(17)16-6-5-15-7-8-18-2/h3-4,9,15H,5-8H2,1-2H3,(H,16,17). The molecule has 0 saturated carbocycles. The molecular weight excluding hydrogens is 235 g/mol. The molecule has 0 fully saturated rings. The smallest absolute Gasteiger partial charge is 0.254 e. The molecule has 100 valence electrons. The largest absolute Gasteiger partial charge is 0.383 e. The summed E-state index contributed by atoms with van der Waals surface area (Å²) >= 11 is 0. The average Bonchev–Trinajstić information content (AvgIpc) is 2.36. The van der Waals surface area contributed by atoms with E-state index in [2.05, 4.69) is 10.6 Å². The van der Waals surface area contributed by atoms with Crippen molar-refractivity contribution in [1.29, 1.82) is 0 Å². The lowest BCUT2D eigenvalue weighted by molar-refractivity contribution is 0.0949. The second kappa shape index (κ2) is 7.79. The van der Waals surface area contributed by atoms with Gasteiger partial charge in [-0.2, -0.15) is 0 Å². The number of benzene rings is 1. The van der Waals surface area contributed by atoms with E-state index in [0.29, 0.717) is 19.7 Å². The fourth-order valence-electron chi connectivity index (χ4n) is 1.47. The minimum Gasteiger partial charge on any atom is -0.383 e. The molecule has 0 atom stereocenters. The van der Waals surface area contributed by atoms with Crippen molar-refractivity contribution >= 4 is 5.91 Å². The molecular formula is C13H19FN2O2. The molecule has 0 aliphatic carbocycles. The van der Waals surface area contributed by atoms with E-state index in [9.17, 15) is 9.18 Å². The molecule has 0 aromatic heterocycles. The Hall–Kier alpha value is -1.46. The number of amides is 1. The Bertz CT molecular complexity index is 397. The molecule has 0 bridgehead atoms. The molecule has 18 heavy (non-hydrogen) atoms.